The van der Waals surface area contributed by atoms with Crippen molar-refractivity contribution in [2.24, 2.45) is 0 Å². The van der Waals surface area contributed by atoms with Gasteiger partial charge in [0.15, 0.2) is 6.61 Å². The minimum atomic E-state index is -4.43. The molecule has 5 nitrogen and oxygen atoms in total. The Bertz CT molecular complexity index is 537. The highest BCUT2D eigenvalue weighted by molar-refractivity contribution is 5.74. The molecule has 1 aliphatic heterocycles. The van der Waals surface area contributed by atoms with Crippen LogP contribution >= 0.6 is 0 Å². The quantitative estimate of drug-likeness (QED) is 0.922. The Morgan fingerprint density at radius 2 is 2.26 bits per heavy atom. The van der Waals surface area contributed by atoms with Gasteiger partial charge in [-0.15, -0.1) is 0 Å². The minimum absolute atomic E-state index is 0.0725. The second-order valence-electron chi connectivity index (χ2n) is 5.57. The van der Waals surface area contributed by atoms with Crippen molar-refractivity contribution in [1.29, 1.82) is 0 Å². The normalized spacial score (nSPS) is 18.6. The van der Waals surface area contributed by atoms with Crippen molar-refractivity contribution in [3.8, 4) is 5.88 Å². The first-order chi connectivity index (χ1) is 10.9. The maximum atomic E-state index is 12.2. The molecule has 0 aliphatic carbocycles. The predicted octanol–water partition coefficient (Wildman–Crippen LogP) is 3.11. The number of hydrogen-bond acceptors (Lipinski definition) is 3. The first-order valence-corrected chi connectivity index (χ1v) is 7.55. The third kappa shape index (κ3) is 5.30. The molecule has 8 heteroatoms. The van der Waals surface area contributed by atoms with Crippen molar-refractivity contribution in [3.05, 3.63) is 23.9 Å². The molecular formula is C15H20F3N3O2. The molecule has 2 heterocycles. The molecule has 1 N–H and O–H groups in total. The van der Waals surface area contributed by atoms with Crippen LogP contribution in [0.2, 0.25) is 0 Å². The number of hydrogen-bond donors (Lipinski definition) is 1. The summed E-state index contributed by atoms with van der Waals surface area (Å²) in [7, 11) is 0. The van der Waals surface area contributed by atoms with E-state index in [0.29, 0.717) is 12.1 Å². The summed E-state index contributed by atoms with van der Waals surface area (Å²) in [5.41, 5.74) is 0.412. The van der Waals surface area contributed by atoms with E-state index in [-0.39, 0.29) is 24.5 Å². The highest BCUT2D eigenvalue weighted by Gasteiger charge is 2.29. The summed E-state index contributed by atoms with van der Waals surface area (Å²) in [6.07, 6.45) is -0.0567. The van der Waals surface area contributed by atoms with E-state index in [1.165, 1.54) is 6.20 Å². The lowest BCUT2D eigenvalue weighted by molar-refractivity contribution is -0.154. The van der Waals surface area contributed by atoms with Gasteiger partial charge in [0.1, 0.15) is 0 Å². The van der Waals surface area contributed by atoms with Crippen molar-refractivity contribution < 1.29 is 22.7 Å². The molecule has 1 unspecified atom stereocenters. The molecule has 1 aliphatic rings. The molecule has 0 radical (unpaired) electrons. The number of ether oxygens (including phenoxy) is 1. The van der Waals surface area contributed by atoms with Gasteiger partial charge >= 0.3 is 12.2 Å². The number of alkyl halides is 3. The second kappa shape index (κ2) is 7.52. The number of nitrogens with one attached hydrogen (secondary N) is 1. The number of carbonyl (C=O) groups is 1. The Hall–Kier alpha value is -1.99. The Morgan fingerprint density at radius 3 is 2.96 bits per heavy atom. The average Bonchev–Trinajstić information content (AvgIpc) is 2.51. The SMILES string of the molecule is CC1CCCCN1C(=O)NCc1cccnc1OCC(F)(F)F. The van der Waals surface area contributed by atoms with E-state index in [9.17, 15) is 18.0 Å². The Labute approximate surface area is 132 Å². The molecule has 1 aromatic rings. The van der Waals surface area contributed by atoms with Gasteiger partial charge in [0.25, 0.3) is 0 Å². The number of nitrogens with zero attached hydrogens (tertiary/aromatic N) is 2. The summed E-state index contributed by atoms with van der Waals surface area (Å²) >= 11 is 0. The molecule has 1 aromatic heterocycles. The molecule has 2 amide bonds. The molecule has 1 fully saturated rings. The van der Waals surface area contributed by atoms with Gasteiger partial charge in [0, 0.05) is 30.9 Å². The van der Waals surface area contributed by atoms with Gasteiger partial charge in [-0.25, -0.2) is 9.78 Å². The van der Waals surface area contributed by atoms with Gasteiger partial charge in [0.05, 0.1) is 0 Å². The largest absolute Gasteiger partial charge is 0.468 e. The standard InChI is InChI=1S/C15H20F3N3O2/c1-11-5-2-3-8-21(11)14(22)20-9-12-6-4-7-19-13(12)23-10-15(16,17)18/h4,6-7,11H,2-3,5,8-10H2,1H3,(H,20,22). The number of carbonyl (C=O) groups excluding carboxylic acids is 1. The summed E-state index contributed by atoms with van der Waals surface area (Å²) in [6, 6.07) is 3.12. The zero-order chi connectivity index (χ0) is 16.9. The number of rotatable bonds is 4. The van der Waals surface area contributed by atoms with E-state index in [1.54, 1.807) is 17.0 Å². The maximum absolute atomic E-state index is 12.2. The highest BCUT2D eigenvalue weighted by atomic mass is 19.4. The summed E-state index contributed by atoms with van der Waals surface area (Å²) in [5, 5.41) is 2.72. The van der Waals surface area contributed by atoms with Crippen LogP contribution in [0.5, 0.6) is 5.88 Å². The number of piperidine rings is 1. The third-order valence-corrected chi connectivity index (χ3v) is 3.72. The molecule has 2 rings (SSSR count). The fraction of sp³-hybridized carbons (Fsp3) is 0.600. The van der Waals surface area contributed by atoms with Crippen LogP contribution in [0, 0.1) is 0 Å². The topological polar surface area (TPSA) is 54.5 Å². The minimum Gasteiger partial charge on any atom is -0.468 e. The smallest absolute Gasteiger partial charge is 0.422 e. The fourth-order valence-electron chi connectivity index (χ4n) is 2.51. The van der Waals surface area contributed by atoms with Crippen molar-refractivity contribution >= 4 is 6.03 Å². The molecule has 128 valence electrons. The highest BCUT2D eigenvalue weighted by Crippen LogP contribution is 2.20. The molecule has 1 atom stereocenters. The van der Waals surface area contributed by atoms with E-state index in [4.69, 9.17) is 4.74 Å². The molecule has 0 saturated carbocycles. The number of aromatic nitrogens is 1. The lowest BCUT2D eigenvalue weighted by Crippen LogP contribution is -2.47. The van der Waals surface area contributed by atoms with Crippen LogP contribution in [-0.4, -0.2) is 41.3 Å². The fourth-order valence-corrected chi connectivity index (χ4v) is 2.51. The molecule has 0 aromatic carbocycles. The summed E-state index contributed by atoms with van der Waals surface area (Å²) in [4.78, 5) is 17.7. The van der Waals surface area contributed by atoms with Crippen LogP contribution < -0.4 is 10.1 Å². The first-order valence-electron chi connectivity index (χ1n) is 7.55. The number of likely N-dealkylation sites (tertiary alicyclic amines) is 1. The summed E-state index contributed by atoms with van der Waals surface area (Å²) < 4.78 is 41.4. The lowest BCUT2D eigenvalue weighted by Gasteiger charge is -2.33. The zero-order valence-corrected chi connectivity index (χ0v) is 12.9. The van der Waals surface area contributed by atoms with E-state index >= 15 is 0 Å². The molecule has 1 saturated heterocycles. The van der Waals surface area contributed by atoms with Crippen LogP contribution in [0.1, 0.15) is 31.7 Å². The maximum Gasteiger partial charge on any atom is 0.422 e. The van der Waals surface area contributed by atoms with Crippen molar-refractivity contribution in [2.75, 3.05) is 13.2 Å². The predicted molar refractivity (Wildman–Crippen MR) is 78.0 cm³/mol. The van der Waals surface area contributed by atoms with E-state index in [0.717, 1.165) is 19.3 Å². The number of halogens is 3. The Kier molecular flexibility index (Phi) is 5.68. The van der Waals surface area contributed by atoms with E-state index < -0.39 is 12.8 Å². The number of pyridine rings is 1. The van der Waals surface area contributed by atoms with Gasteiger partial charge in [0.2, 0.25) is 5.88 Å². The lowest BCUT2D eigenvalue weighted by atomic mass is 10.0. The summed E-state index contributed by atoms with van der Waals surface area (Å²) in [6.45, 7) is 1.34. The van der Waals surface area contributed by atoms with Crippen LogP contribution in [0.25, 0.3) is 0 Å². The van der Waals surface area contributed by atoms with Gasteiger partial charge in [-0.3, -0.25) is 0 Å². The molecule has 23 heavy (non-hydrogen) atoms. The number of urea groups is 1. The van der Waals surface area contributed by atoms with Gasteiger partial charge in [-0.1, -0.05) is 6.07 Å². The van der Waals surface area contributed by atoms with Gasteiger partial charge in [-0.05, 0) is 32.3 Å². The van der Waals surface area contributed by atoms with Crippen LogP contribution in [0.3, 0.4) is 0 Å². The Balaban J connectivity index is 1.93. The van der Waals surface area contributed by atoms with Crippen molar-refractivity contribution in [3.63, 3.8) is 0 Å². The van der Waals surface area contributed by atoms with Crippen LogP contribution in [-0.2, 0) is 6.54 Å². The van der Waals surface area contributed by atoms with Gasteiger partial charge in [-0.2, -0.15) is 13.2 Å². The van der Waals surface area contributed by atoms with Crippen molar-refractivity contribution in [1.82, 2.24) is 15.2 Å². The zero-order valence-electron chi connectivity index (χ0n) is 12.9. The van der Waals surface area contributed by atoms with E-state index in [2.05, 4.69) is 10.3 Å². The third-order valence-electron chi connectivity index (χ3n) is 3.72. The monoisotopic (exact) mass is 331 g/mol. The Morgan fingerprint density at radius 1 is 1.48 bits per heavy atom. The average molecular weight is 331 g/mol. The molecule has 0 spiro atoms. The van der Waals surface area contributed by atoms with Crippen LogP contribution in [0.15, 0.2) is 18.3 Å². The van der Waals surface area contributed by atoms with Crippen LogP contribution in [0.4, 0.5) is 18.0 Å². The molecule has 0 bridgehead atoms. The first kappa shape index (κ1) is 17.4. The van der Waals surface area contributed by atoms with Crippen molar-refractivity contribution in [2.45, 2.75) is 44.9 Å². The van der Waals surface area contributed by atoms with E-state index in [1.807, 2.05) is 6.92 Å². The number of amides is 2. The second-order valence-corrected chi connectivity index (χ2v) is 5.57. The molecular weight excluding hydrogens is 311 g/mol. The van der Waals surface area contributed by atoms with Gasteiger partial charge < -0.3 is 15.0 Å². The summed E-state index contributed by atoms with van der Waals surface area (Å²) in [5.74, 6) is -0.114.